The number of amides is 2. The molecule has 0 bridgehead atoms. The number of aliphatic hydroxyl groups is 1. The van der Waals surface area contributed by atoms with Crippen LogP contribution in [0, 0.1) is 5.92 Å². The van der Waals surface area contributed by atoms with Crippen LogP contribution in [0.15, 0.2) is 66.9 Å². The number of nitrogens with one attached hydrogen (secondary N) is 1. The van der Waals surface area contributed by atoms with Crippen molar-refractivity contribution in [1.29, 1.82) is 0 Å². The number of rotatable bonds is 9. The number of fused-ring (bicyclic) bond motifs is 3. The summed E-state index contributed by atoms with van der Waals surface area (Å²) in [4.78, 5) is 30.8. The fourth-order valence-corrected chi connectivity index (χ4v) is 6.39. The van der Waals surface area contributed by atoms with E-state index >= 15 is 0 Å². The van der Waals surface area contributed by atoms with Gasteiger partial charge in [-0.3, -0.25) is 14.5 Å². The number of benzene rings is 3. The maximum Gasteiger partial charge on any atom is 0.231 e. The van der Waals surface area contributed by atoms with E-state index in [9.17, 15) is 14.7 Å². The largest absolute Gasteiger partial charge is 0.488 e. The Hall–Kier alpha value is -4.54. The highest BCUT2D eigenvalue weighted by atomic mass is 16.7. The Kier molecular flexibility index (Phi) is 9.19. The Morgan fingerprint density at radius 1 is 1.09 bits per heavy atom. The van der Waals surface area contributed by atoms with Crippen molar-refractivity contribution in [2.45, 2.75) is 45.4 Å². The number of anilines is 1. The fraction of sp³-hybridized carbons (Fsp3) is 0.389. The molecule has 46 heavy (non-hydrogen) atoms. The summed E-state index contributed by atoms with van der Waals surface area (Å²) in [6, 6.07) is 19.2. The second kappa shape index (κ2) is 13.4. The van der Waals surface area contributed by atoms with Crippen molar-refractivity contribution >= 4 is 28.4 Å². The average molecular weight is 627 g/mol. The van der Waals surface area contributed by atoms with E-state index in [1.54, 1.807) is 4.90 Å². The molecule has 3 heterocycles. The van der Waals surface area contributed by atoms with Crippen molar-refractivity contribution < 1.29 is 28.9 Å². The van der Waals surface area contributed by atoms with Crippen molar-refractivity contribution in [3.05, 3.63) is 83.6 Å². The topological polar surface area (TPSA) is 106 Å². The number of carbonyl (C=O) groups is 2. The highest BCUT2D eigenvalue weighted by Gasteiger charge is 2.31. The van der Waals surface area contributed by atoms with Gasteiger partial charge in [0, 0.05) is 61.0 Å². The molecule has 1 aromatic heterocycles. The van der Waals surface area contributed by atoms with E-state index in [4.69, 9.17) is 14.2 Å². The molecule has 2 aliphatic rings. The molecule has 3 aromatic carbocycles. The molecule has 4 aromatic rings. The molecule has 0 aliphatic carbocycles. The van der Waals surface area contributed by atoms with Gasteiger partial charge in [0.25, 0.3) is 0 Å². The minimum absolute atomic E-state index is 0.0248. The van der Waals surface area contributed by atoms with Gasteiger partial charge < -0.3 is 34.1 Å². The summed E-state index contributed by atoms with van der Waals surface area (Å²) in [6.45, 7) is 5.77. The number of ether oxygens (including phenoxy) is 3. The number of carbonyl (C=O) groups excluding carboxylic acids is 2. The SMILES string of the molecule is C[C@H](CO)N1C[C@H](C)[C@@H](CN(C)Cc2ccc3c(c2)OCO3)Oc2ccc(NC(=O)Cc3cn(C)c4ccccc34)cc2CC1=O. The molecule has 6 rings (SSSR count). The number of hydrogen-bond acceptors (Lipinski definition) is 7. The van der Waals surface area contributed by atoms with Crippen LogP contribution in [-0.2, 0) is 36.0 Å². The van der Waals surface area contributed by atoms with Gasteiger partial charge in [-0.15, -0.1) is 0 Å². The highest BCUT2D eigenvalue weighted by molar-refractivity contribution is 5.96. The molecular formula is C36H42N4O6. The van der Waals surface area contributed by atoms with Gasteiger partial charge in [-0.05, 0) is 61.5 Å². The van der Waals surface area contributed by atoms with Crippen LogP contribution < -0.4 is 19.5 Å². The van der Waals surface area contributed by atoms with Crippen LogP contribution in [0.25, 0.3) is 10.9 Å². The first kappa shape index (κ1) is 31.4. The lowest BCUT2D eigenvalue weighted by Crippen LogP contribution is -2.47. The molecule has 0 saturated heterocycles. The lowest BCUT2D eigenvalue weighted by Gasteiger charge is -2.34. The monoisotopic (exact) mass is 626 g/mol. The maximum absolute atomic E-state index is 13.6. The third-order valence-corrected chi connectivity index (χ3v) is 8.91. The van der Waals surface area contributed by atoms with Crippen LogP contribution in [0.3, 0.4) is 0 Å². The van der Waals surface area contributed by atoms with Crippen molar-refractivity contribution in [3.63, 3.8) is 0 Å². The van der Waals surface area contributed by atoms with Crippen molar-refractivity contribution in [2.75, 3.05) is 38.9 Å². The summed E-state index contributed by atoms with van der Waals surface area (Å²) in [5.74, 6) is 1.86. The van der Waals surface area contributed by atoms with E-state index < -0.39 is 0 Å². The first-order valence-electron chi connectivity index (χ1n) is 15.8. The predicted molar refractivity (Wildman–Crippen MR) is 176 cm³/mol. The molecule has 3 atom stereocenters. The third-order valence-electron chi connectivity index (χ3n) is 8.91. The van der Waals surface area contributed by atoms with Gasteiger partial charge in [0.1, 0.15) is 11.9 Å². The quantitative estimate of drug-likeness (QED) is 0.284. The zero-order valence-electron chi connectivity index (χ0n) is 26.9. The van der Waals surface area contributed by atoms with Gasteiger partial charge in [-0.2, -0.15) is 0 Å². The molecule has 2 amide bonds. The maximum atomic E-state index is 13.6. The summed E-state index contributed by atoms with van der Waals surface area (Å²) in [6.07, 6.45) is 2.07. The Morgan fingerprint density at radius 3 is 2.70 bits per heavy atom. The molecule has 2 aliphatic heterocycles. The van der Waals surface area contributed by atoms with Gasteiger partial charge in [0.05, 0.1) is 25.5 Å². The van der Waals surface area contributed by atoms with Crippen LogP contribution in [0.4, 0.5) is 5.69 Å². The molecule has 0 unspecified atom stereocenters. The van der Waals surface area contributed by atoms with E-state index in [1.807, 2.05) is 92.4 Å². The standard InChI is InChI=1S/C36H42N4O6/c1-23-17-40(24(2)21-41)36(43)16-26-14-28(37-35(42)15-27-19-39(4)30-8-6-5-7-29(27)30)10-12-31(26)46-34(23)20-38(3)18-25-9-11-32-33(13-25)45-22-44-32/h5-14,19,23-24,34,41H,15-18,20-22H2,1-4H3,(H,37,42)/t23-,24+,34+/m0/s1. The normalized spacial score (nSPS) is 18.5. The summed E-state index contributed by atoms with van der Waals surface area (Å²) >= 11 is 0. The van der Waals surface area contributed by atoms with Crippen LogP contribution in [0.2, 0.25) is 0 Å². The van der Waals surface area contributed by atoms with E-state index in [-0.39, 0.29) is 56.1 Å². The minimum atomic E-state index is -0.341. The van der Waals surface area contributed by atoms with E-state index in [2.05, 4.69) is 17.1 Å². The predicted octanol–water partition coefficient (Wildman–Crippen LogP) is 4.37. The van der Waals surface area contributed by atoms with E-state index in [1.165, 1.54) is 0 Å². The van der Waals surface area contributed by atoms with Crippen LogP contribution in [-0.4, -0.2) is 77.0 Å². The van der Waals surface area contributed by atoms with Gasteiger partial charge >= 0.3 is 0 Å². The van der Waals surface area contributed by atoms with Gasteiger partial charge in [-0.1, -0.05) is 31.2 Å². The Balaban J connectivity index is 1.21. The molecular weight excluding hydrogens is 584 g/mol. The second-order valence-electron chi connectivity index (χ2n) is 12.6. The Morgan fingerprint density at radius 2 is 1.87 bits per heavy atom. The summed E-state index contributed by atoms with van der Waals surface area (Å²) in [5.41, 5.74) is 4.42. The van der Waals surface area contributed by atoms with Crippen LogP contribution >= 0.6 is 0 Å². The van der Waals surface area contributed by atoms with Crippen LogP contribution in [0.1, 0.15) is 30.5 Å². The van der Waals surface area contributed by atoms with Crippen LogP contribution in [0.5, 0.6) is 17.2 Å². The lowest BCUT2D eigenvalue weighted by atomic mass is 10.0. The first-order chi connectivity index (χ1) is 22.2. The van der Waals surface area contributed by atoms with Gasteiger partial charge in [0.2, 0.25) is 18.6 Å². The summed E-state index contributed by atoms with van der Waals surface area (Å²) < 4.78 is 19.7. The molecule has 0 spiro atoms. The summed E-state index contributed by atoms with van der Waals surface area (Å²) in [7, 11) is 4.02. The number of hydrogen-bond donors (Lipinski definition) is 2. The second-order valence-corrected chi connectivity index (χ2v) is 12.6. The smallest absolute Gasteiger partial charge is 0.231 e. The molecule has 10 heteroatoms. The van der Waals surface area contributed by atoms with Gasteiger partial charge in [0.15, 0.2) is 11.5 Å². The molecule has 0 radical (unpaired) electrons. The number of para-hydroxylation sites is 1. The Bertz CT molecular complexity index is 1730. The highest BCUT2D eigenvalue weighted by Crippen LogP contribution is 2.33. The minimum Gasteiger partial charge on any atom is -0.488 e. The number of nitrogens with zero attached hydrogens (tertiary/aromatic N) is 3. The van der Waals surface area contributed by atoms with E-state index in [0.717, 1.165) is 33.5 Å². The first-order valence-corrected chi connectivity index (χ1v) is 15.8. The molecule has 10 nitrogen and oxygen atoms in total. The zero-order chi connectivity index (χ0) is 32.4. The molecule has 242 valence electrons. The fourth-order valence-electron chi connectivity index (χ4n) is 6.39. The molecule has 0 saturated carbocycles. The van der Waals surface area contributed by atoms with E-state index in [0.29, 0.717) is 36.6 Å². The molecule has 0 fully saturated rings. The number of aromatic nitrogens is 1. The summed E-state index contributed by atoms with van der Waals surface area (Å²) in [5, 5.41) is 14.1. The zero-order valence-corrected chi connectivity index (χ0v) is 26.9. The molecule has 2 N–H and O–H groups in total. The number of likely N-dealkylation sites (N-methyl/N-ethyl adjacent to an activating group) is 1. The van der Waals surface area contributed by atoms with Gasteiger partial charge in [-0.25, -0.2) is 0 Å². The average Bonchev–Trinajstić information content (AvgIpc) is 3.64. The Labute approximate surface area is 269 Å². The third kappa shape index (κ3) is 6.83. The number of aryl methyl sites for hydroxylation is 1. The number of aliphatic hydroxyl groups excluding tert-OH is 1. The van der Waals surface area contributed by atoms with Crippen molar-refractivity contribution in [2.24, 2.45) is 13.0 Å². The lowest BCUT2D eigenvalue weighted by molar-refractivity contribution is -0.134. The van der Waals surface area contributed by atoms with Crippen molar-refractivity contribution in [1.82, 2.24) is 14.4 Å². The van der Waals surface area contributed by atoms with Crippen molar-refractivity contribution in [3.8, 4) is 17.2 Å².